The van der Waals surface area contributed by atoms with Crippen LogP contribution in [-0.4, -0.2) is 18.2 Å². The highest BCUT2D eigenvalue weighted by molar-refractivity contribution is 9.09. The Kier molecular flexibility index (Phi) is 6.60. The highest BCUT2D eigenvalue weighted by Crippen LogP contribution is 2.24. The van der Waals surface area contributed by atoms with Crippen molar-refractivity contribution in [2.45, 2.75) is 25.7 Å². The molecule has 94 valence electrons. The van der Waals surface area contributed by atoms with E-state index >= 15 is 0 Å². The van der Waals surface area contributed by atoms with Gasteiger partial charge in [0.05, 0.1) is 7.11 Å². The molecule has 2 nitrogen and oxygen atoms in total. The predicted molar refractivity (Wildman–Crippen MR) is 74.4 cm³/mol. The number of carbonyl (C=O) groups excluding carboxylic acids is 1. The van der Waals surface area contributed by atoms with Gasteiger partial charge >= 0.3 is 0 Å². The van der Waals surface area contributed by atoms with Crippen LogP contribution in [0.25, 0.3) is 0 Å². The number of aryl methyl sites for hydroxylation is 1. The largest absolute Gasteiger partial charge is 0.496 e. The molecule has 1 rings (SSSR count). The molecule has 0 aliphatic rings. The standard InChI is InChI=1S/C13H16BrClO2/c1-17-13-7-5-11(15)9-10(13)4-6-12(16)3-2-8-14/h5,7,9H,2-4,6,8H2,1H3. The smallest absolute Gasteiger partial charge is 0.133 e. The van der Waals surface area contributed by atoms with Crippen LogP contribution in [0.4, 0.5) is 0 Å². The van der Waals surface area contributed by atoms with Crippen LogP contribution in [0.3, 0.4) is 0 Å². The number of Topliss-reactive ketones (excluding diaryl/α,β-unsaturated/α-hetero) is 1. The van der Waals surface area contributed by atoms with E-state index < -0.39 is 0 Å². The van der Waals surface area contributed by atoms with Gasteiger partial charge in [-0.2, -0.15) is 0 Å². The first-order chi connectivity index (χ1) is 8.17. The van der Waals surface area contributed by atoms with Gasteiger partial charge in [0.2, 0.25) is 0 Å². The lowest BCUT2D eigenvalue weighted by molar-refractivity contribution is -0.119. The zero-order chi connectivity index (χ0) is 12.7. The van der Waals surface area contributed by atoms with Crippen LogP contribution in [-0.2, 0) is 11.2 Å². The van der Waals surface area contributed by atoms with Gasteiger partial charge in [-0.15, -0.1) is 0 Å². The van der Waals surface area contributed by atoms with Crippen LogP contribution in [0.1, 0.15) is 24.8 Å². The first kappa shape index (κ1) is 14.5. The van der Waals surface area contributed by atoms with Crippen LogP contribution in [0.2, 0.25) is 5.02 Å². The van der Waals surface area contributed by atoms with Gasteiger partial charge in [-0.25, -0.2) is 0 Å². The molecule has 0 atom stereocenters. The van der Waals surface area contributed by atoms with Crippen molar-refractivity contribution in [1.82, 2.24) is 0 Å². The Labute approximate surface area is 115 Å². The van der Waals surface area contributed by atoms with E-state index in [4.69, 9.17) is 16.3 Å². The molecule has 0 amide bonds. The summed E-state index contributed by atoms with van der Waals surface area (Å²) < 4.78 is 5.24. The van der Waals surface area contributed by atoms with Crippen molar-refractivity contribution in [1.29, 1.82) is 0 Å². The molecule has 0 bridgehead atoms. The lowest BCUT2D eigenvalue weighted by Crippen LogP contribution is -2.01. The quantitative estimate of drug-likeness (QED) is 0.709. The second-order valence-electron chi connectivity index (χ2n) is 3.79. The molecular weight excluding hydrogens is 303 g/mol. The molecule has 0 spiro atoms. The summed E-state index contributed by atoms with van der Waals surface area (Å²) in [5.74, 6) is 1.08. The number of hydrogen-bond acceptors (Lipinski definition) is 2. The molecule has 0 saturated heterocycles. The molecule has 0 fully saturated rings. The maximum Gasteiger partial charge on any atom is 0.133 e. The summed E-state index contributed by atoms with van der Waals surface area (Å²) in [5, 5.41) is 1.55. The summed E-state index contributed by atoms with van der Waals surface area (Å²) in [6, 6.07) is 5.48. The SMILES string of the molecule is COc1ccc(Cl)cc1CCC(=O)CCCBr. The zero-order valence-electron chi connectivity index (χ0n) is 9.84. The fourth-order valence-electron chi connectivity index (χ4n) is 1.61. The molecule has 0 unspecified atom stereocenters. The molecule has 0 aromatic heterocycles. The Morgan fingerprint density at radius 1 is 1.41 bits per heavy atom. The highest BCUT2D eigenvalue weighted by atomic mass is 79.9. The van der Waals surface area contributed by atoms with E-state index in [0.717, 1.165) is 23.1 Å². The number of halogens is 2. The topological polar surface area (TPSA) is 26.3 Å². The van der Waals surface area contributed by atoms with Gasteiger partial charge in [0.1, 0.15) is 11.5 Å². The van der Waals surface area contributed by atoms with E-state index in [1.165, 1.54) is 0 Å². The van der Waals surface area contributed by atoms with E-state index in [1.54, 1.807) is 13.2 Å². The number of carbonyl (C=O) groups is 1. The van der Waals surface area contributed by atoms with Gasteiger partial charge in [0, 0.05) is 23.2 Å². The second-order valence-corrected chi connectivity index (χ2v) is 5.02. The Bertz CT molecular complexity index is 380. The molecule has 17 heavy (non-hydrogen) atoms. The molecule has 0 aliphatic heterocycles. The van der Waals surface area contributed by atoms with Crippen LogP contribution in [0.15, 0.2) is 18.2 Å². The van der Waals surface area contributed by atoms with Crippen molar-refractivity contribution in [2.75, 3.05) is 12.4 Å². The molecular formula is C13H16BrClO2. The summed E-state index contributed by atoms with van der Waals surface area (Å²) in [4.78, 5) is 11.6. The number of ether oxygens (including phenoxy) is 1. The summed E-state index contributed by atoms with van der Waals surface area (Å²) in [7, 11) is 1.62. The number of alkyl halides is 1. The molecule has 1 aromatic carbocycles. The molecule has 1 aromatic rings. The van der Waals surface area contributed by atoms with Crippen LogP contribution in [0, 0.1) is 0 Å². The molecule has 0 heterocycles. The number of ketones is 1. The van der Waals surface area contributed by atoms with Crippen LogP contribution in [0.5, 0.6) is 5.75 Å². The van der Waals surface area contributed by atoms with Crippen molar-refractivity contribution >= 4 is 33.3 Å². The predicted octanol–water partition coefficient (Wildman–Crippen LogP) is 4.03. The minimum absolute atomic E-state index is 0.284. The molecule has 0 radical (unpaired) electrons. The minimum Gasteiger partial charge on any atom is -0.496 e. The zero-order valence-corrected chi connectivity index (χ0v) is 12.2. The van der Waals surface area contributed by atoms with Gasteiger partial charge < -0.3 is 4.74 Å². The van der Waals surface area contributed by atoms with E-state index in [1.807, 2.05) is 12.1 Å². The number of methoxy groups -OCH3 is 1. The normalized spacial score (nSPS) is 10.3. The average Bonchev–Trinajstić information content (AvgIpc) is 2.34. The van der Waals surface area contributed by atoms with Gasteiger partial charge in [0.15, 0.2) is 0 Å². The van der Waals surface area contributed by atoms with Crippen molar-refractivity contribution in [2.24, 2.45) is 0 Å². The van der Waals surface area contributed by atoms with Gasteiger partial charge in [-0.3, -0.25) is 4.79 Å². The first-order valence-electron chi connectivity index (χ1n) is 5.57. The van der Waals surface area contributed by atoms with E-state index in [9.17, 15) is 4.79 Å². The van der Waals surface area contributed by atoms with Gasteiger partial charge in [-0.1, -0.05) is 27.5 Å². The van der Waals surface area contributed by atoms with Gasteiger partial charge in [-0.05, 0) is 36.6 Å². The first-order valence-corrected chi connectivity index (χ1v) is 7.07. The summed E-state index contributed by atoms with van der Waals surface area (Å²) in [6.45, 7) is 0. The Balaban J connectivity index is 2.56. The third-order valence-electron chi connectivity index (χ3n) is 2.50. The monoisotopic (exact) mass is 318 g/mol. The Morgan fingerprint density at radius 2 is 2.18 bits per heavy atom. The maximum absolute atomic E-state index is 11.6. The third-order valence-corrected chi connectivity index (χ3v) is 3.30. The molecule has 0 N–H and O–H groups in total. The summed E-state index contributed by atoms with van der Waals surface area (Å²) >= 11 is 9.24. The van der Waals surface area contributed by atoms with Crippen LogP contribution < -0.4 is 4.74 Å². The molecule has 0 aliphatic carbocycles. The number of benzene rings is 1. The average molecular weight is 320 g/mol. The van der Waals surface area contributed by atoms with Crippen molar-refractivity contribution in [3.63, 3.8) is 0 Å². The summed E-state index contributed by atoms with van der Waals surface area (Å²) in [5.41, 5.74) is 0.993. The van der Waals surface area contributed by atoms with Crippen molar-refractivity contribution in [3.05, 3.63) is 28.8 Å². The Morgan fingerprint density at radius 3 is 2.82 bits per heavy atom. The lowest BCUT2D eigenvalue weighted by Gasteiger charge is -2.08. The molecule has 4 heteroatoms. The van der Waals surface area contributed by atoms with Gasteiger partial charge in [0.25, 0.3) is 0 Å². The van der Waals surface area contributed by atoms with Crippen molar-refractivity contribution < 1.29 is 9.53 Å². The summed E-state index contributed by atoms with van der Waals surface area (Å²) in [6.07, 6.45) is 2.76. The lowest BCUT2D eigenvalue weighted by atomic mass is 10.0. The highest BCUT2D eigenvalue weighted by Gasteiger charge is 2.07. The maximum atomic E-state index is 11.6. The fraction of sp³-hybridized carbons (Fsp3) is 0.462. The number of rotatable bonds is 7. The van der Waals surface area contributed by atoms with E-state index in [-0.39, 0.29) is 5.78 Å². The molecule has 0 saturated carbocycles. The minimum atomic E-state index is 0.284. The van der Waals surface area contributed by atoms with Crippen molar-refractivity contribution in [3.8, 4) is 5.75 Å². The van der Waals surface area contributed by atoms with Crippen LogP contribution >= 0.6 is 27.5 Å². The van der Waals surface area contributed by atoms with E-state index in [0.29, 0.717) is 24.3 Å². The Hall–Kier alpha value is -0.540. The second kappa shape index (κ2) is 7.72. The fourth-order valence-corrected chi connectivity index (χ4v) is 2.08. The third kappa shape index (κ3) is 5.09. The van der Waals surface area contributed by atoms with E-state index in [2.05, 4.69) is 15.9 Å². The number of hydrogen-bond donors (Lipinski definition) is 0.